The Morgan fingerprint density at radius 1 is 1.41 bits per heavy atom. The van der Waals surface area contributed by atoms with Crippen molar-refractivity contribution in [2.75, 3.05) is 45.3 Å². The van der Waals surface area contributed by atoms with Crippen molar-refractivity contribution in [2.45, 2.75) is 12.8 Å². The summed E-state index contributed by atoms with van der Waals surface area (Å²) in [6.07, 6.45) is 3.48. The highest BCUT2D eigenvalue weighted by Crippen LogP contribution is 2.20. The van der Waals surface area contributed by atoms with Crippen molar-refractivity contribution >= 4 is 22.0 Å². The molecule has 1 fully saturated rings. The molecule has 1 N–H and O–H groups in total. The summed E-state index contributed by atoms with van der Waals surface area (Å²) in [7, 11) is -1.67. The molecule has 0 amide bonds. The Balaban J connectivity index is 2.53. The number of nitrogens with zero attached hydrogens (tertiary/aromatic N) is 2. The van der Waals surface area contributed by atoms with Crippen LogP contribution < -0.4 is 0 Å². The molecule has 5 nitrogen and oxygen atoms in total. The van der Waals surface area contributed by atoms with Gasteiger partial charge < -0.3 is 5.11 Å². The molecule has 0 saturated carbocycles. The average molecular weight is 282 g/mol. The highest BCUT2D eigenvalue weighted by Gasteiger charge is 2.30. The fraction of sp³-hybridized carbons (Fsp3) is 1.00. The normalized spacial score (nSPS) is 20.0. The summed E-state index contributed by atoms with van der Waals surface area (Å²) >= 11 is 1.64. The predicted octanol–water partition coefficient (Wildman–Crippen LogP) is 0.230. The number of rotatable bonds is 6. The van der Waals surface area contributed by atoms with Crippen molar-refractivity contribution in [3.8, 4) is 0 Å². The van der Waals surface area contributed by atoms with Gasteiger partial charge in [0.05, 0.1) is 0 Å². The lowest BCUT2D eigenvalue weighted by molar-refractivity contribution is 0.167. The van der Waals surface area contributed by atoms with E-state index in [0.717, 1.165) is 18.6 Å². The summed E-state index contributed by atoms with van der Waals surface area (Å²) in [5.74, 6) is 1.07. The molecule has 0 atom stereocenters. The van der Waals surface area contributed by atoms with Gasteiger partial charge in [0.1, 0.15) is 0 Å². The number of aliphatic hydroxyl groups is 1. The van der Waals surface area contributed by atoms with E-state index in [4.69, 9.17) is 5.11 Å². The molecule has 0 radical (unpaired) electrons. The first-order valence-electron chi connectivity index (χ1n) is 5.83. The first-order valence-corrected chi connectivity index (χ1v) is 8.62. The van der Waals surface area contributed by atoms with Crippen molar-refractivity contribution in [2.24, 2.45) is 5.92 Å². The lowest BCUT2D eigenvalue weighted by Crippen LogP contribution is -2.46. The molecule has 0 aromatic heterocycles. The van der Waals surface area contributed by atoms with Crippen LogP contribution in [0.3, 0.4) is 0 Å². The summed E-state index contributed by atoms with van der Waals surface area (Å²) in [5.41, 5.74) is 0. The highest BCUT2D eigenvalue weighted by molar-refractivity contribution is 7.98. The maximum atomic E-state index is 12.2. The molecule has 17 heavy (non-hydrogen) atoms. The zero-order valence-corrected chi connectivity index (χ0v) is 12.1. The molecule has 0 aromatic rings. The van der Waals surface area contributed by atoms with Gasteiger partial charge in [-0.05, 0) is 25.0 Å². The maximum absolute atomic E-state index is 12.2. The van der Waals surface area contributed by atoms with E-state index >= 15 is 0 Å². The van der Waals surface area contributed by atoms with E-state index in [1.807, 2.05) is 6.26 Å². The Bertz CT molecular complexity index is 314. The number of hydrogen-bond acceptors (Lipinski definition) is 4. The smallest absolute Gasteiger partial charge is 0.281 e. The monoisotopic (exact) mass is 282 g/mol. The molecular weight excluding hydrogens is 260 g/mol. The number of aliphatic hydroxyl groups excluding tert-OH is 1. The minimum Gasteiger partial charge on any atom is -0.396 e. The third-order valence-electron chi connectivity index (χ3n) is 3.16. The zero-order valence-electron chi connectivity index (χ0n) is 10.5. The van der Waals surface area contributed by atoms with Crippen LogP contribution in [0.1, 0.15) is 12.8 Å². The van der Waals surface area contributed by atoms with Gasteiger partial charge in [-0.25, -0.2) is 0 Å². The Kier molecular flexibility index (Phi) is 6.22. The molecule has 1 rings (SSSR count). The quantitative estimate of drug-likeness (QED) is 0.757. The summed E-state index contributed by atoms with van der Waals surface area (Å²) < 4.78 is 27.3. The van der Waals surface area contributed by atoms with Gasteiger partial charge in [-0.3, -0.25) is 0 Å². The van der Waals surface area contributed by atoms with Gasteiger partial charge in [0.25, 0.3) is 10.2 Å². The van der Waals surface area contributed by atoms with Crippen LogP contribution >= 0.6 is 11.8 Å². The third kappa shape index (κ3) is 4.10. The van der Waals surface area contributed by atoms with Crippen LogP contribution in [-0.4, -0.2) is 67.4 Å². The second-order valence-electron chi connectivity index (χ2n) is 4.35. The van der Waals surface area contributed by atoms with Crippen LogP contribution in [0.25, 0.3) is 0 Å². The fourth-order valence-electron chi connectivity index (χ4n) is 1.85. The zero-order chi connectivity index (χ0) is 12.9. The summed E-state index contributed by atoms with van der Waals surface area (Å²) in [5, 5.41) is 9.02. The second-order valence-corrected chi connectivity index (χ2v) is 7.37. The minimum absolute atomic E-state index is 0.163. The Labute approximate surface area is 108 Å². The summed E-state index contributed by atoms with van der Waals surface area (Å²) in [4.78, 5) is 0. The maximum Gasteiger partial charge on any atom is 0.281 e. The van der Waals surface area contributed by atoms with Crippen LogP contribution in [0.4, 0.5) is 0 Å². The third-order valence-corrected chi connectivity index (χ3v) is 5.74. The van der Waals surface area contributed by atoms with Crippen LogP contribution in [0.5, 0.6) is 0 Å². The molecule has 1 saturated heterocycles. The van der Waals surface area contributed by atoms with Crippen molar-refractivity contribution in [1.82, 2.24) is 8.61 Å². The molecule has 7 heteroatoms. The molecule has 0 aromatic carbocycles. The van der Waals surface area contributed by atoms with Crippen LogP contribution in [-0.2, 0) is 10.2 Å². The molecule has 0 spiro atoms. The lowest BCUT2D eigenvalue weighted by atomic mass is 10.00. The average Bonchev–Trinajstić information content (AvgIpc) is 2.35. The van der Waals surface area contributed by atoms with Crippen LogP contribution in [0, 0.1) is 5.92 Å². The van der Waals surface area contributed by atoms with Crippen molar-refractivity contribution < 1.29 is 13.5 Å². The van der Waals surface area contributed by atoms with Gasteiger partial charge in [-0.2, -0.15) is 28.8 Å². The van der Waals surface area contributed by atoms with E-state index in [1.165, 1.54) is 8.61 Å². The van der Waals surface area contributed by atoms with Crippen molar-refractivity contribution in [3.05, 3.63) is 0 Å². The topological polar surface area (TPSA) is 60.9 Å². The summed E-state index contributed by atoms with van der Waals surface area (Å²) in [6, 6.07) is 0. The molecule has 1 heterocycles. The van der Waals surface area contributed by atoms with Gasteiger partial charge in [0.15, 0.2) is 0 Å². The number of hydrogen-bond donors (Lipinski definition) is 1. The van der Waals surface area contributed by atoms with Gasteiger partial charge >= 0.3 is 0 Å². The Hall–Kier alpha value is 0.180. The number of thioether (sulfide) groups is 1. The van der Waals surface area contributed by atoms with E-state index in [0.29, 0.717) is 19.6 Å². The van der Waals surface area contributed by atoms with E-state index in [-0.39, 0.29) is 12.5 Å². The minimum atomic E-state index is -3.29. The van der Waals surface area contributed by atoms with E-state index in [1.54, 1.807) is 18.8 Å². The summed E-state index contributed by atoms with van der Waals surface area (Å²) in [6.45, 7) is 1.76. The standard InChI is InChI=1S/C10H22N2O3S2/c1-11(7-8-16-2)17(14,15)12-5-3-10(9-13)4-6-12/h10,13H,3-9H2,1-2H3. The largest absolute Gasteiger partial charge is 0.396 e. The van der Waals surface area contributed by atoms with Crippen molar-refractivity contribution in [1.29, 1.82) is 0 Å². The highest BCUT2D eigenvalue weighted by atomic mass is 32.2. The van der Waals surface area contributed by atoms with Crippen molar-refractivity contribution in [3.63, 3.8) is 0 Å². The molecule has 0 unspecified atom stereocenters. The molecule has 102 valence electrons. The lowest BCUT2D eigenvalue weighted by Gasteiger charge is -2.33. The SMILES string of the molecule is CSCCN(C)S(=O)(=O)N1CCC(CO)CC1. The predicted molar refractivity (Wildman–Crippen MR) is 71.3 cm³/mol. The molecule has 0 aliphatic carbocycles. The first-order chi connectivity index (χ1) is 8.02. The first kappa shape index (κ1) is 15.2. The van der Waals surface area contributed by atoms with E-state index in [9.17, 15) is 8.42 Å². The van der Waals surface area contributed by atoms with Gasteiger partial charge in [-0.15, -0.1) is 0 Å². The molecule has 1 aliphatic rings. The number of piperidine rings is 1. The van der Waals surface area contributed by atoms with E-state index < -0.39 is 10.2 Å². The van der Waals surface area contributed by atoms with Gasteiger partial charge in [-0.1, -0.05) is 0 Å². The Morgan fingerprint density at radius 2 is 2.00 bits per heavy atom. The van der Waals surface area contributed by atoms with Crippen LogP contribution in [0.2, 0.25) is 0 Å². The molecule has 1 aliphatic heterocycles. The van der Waals surface area contributed by atoms with Crippen LogP contribution in [0.15, 0.2) is 0 Å². The van der Waals surface area contributed by atoms with E-state index in [2.05, 4.69) is 0 Å². The molecular formula is C10H22N2O3S2. The van der Waals surface area contributed by atoms with Gasteiger partial charge in [0.2, 0.25) is 0 Å². The Morgan fingerprint density at radius 3 is 2.47 bits per heavy atom. The molecule has 0 bridgehead atoms. The second kappa shape index (κ2) is 6.94. The fourth-order valence-corrected chi connectivity index (χ4v) is 3.82. The van der Waals surface area contributed by atoms with Gasteiger partial charge in [0, 0.05) is 39.0 Å².